The molecule has 6 heteroatoms. The van der Waals surface area contributed by atoms with Gasteiger partial charge in [0.15, 0.2) is 11.5 Å². The van der Waals surface area contributed by atoms with E-state index < -0.39 is 0 Å². The van der Waals surface area contributed by atoms with Crippen LogP contribution in [0.2, 0.25) is 5.02 Å². The highest BCUT2D eigenvalue weighted by molar-refractivity contribution is 7.80. The molecule has 2 aromatic rings. The van der Waals surface area contributed by atoms with Gasteiger partial charge in [-0.1, -0.05) is 29.9 Å². The molecule has 108 valence electrons. The van der Waals surface area contributed by atoms with E-state index in [0.717, 1.165) is 17.1 Å². The number of thiocarbonyl (C=S) groups is 1. The van der Waals surface area contributed by atoms with Crippen LogP contribution in [-0.2, 0) is 0 Å². The minimum absolute atomic E-state index is 0.251. The van der Waals surface area contributed by atoms with E-state index in [-0.39, 0.29) is 4.99 Å². The van der Waals surface area contributed by atoms with Gasteiger partial charge in [0.2, 0.25) is 0 Å². The van der Waals surface area contributed by atoms with Gasteiger partial charge in [-0.05, 0) is 24.3 Å². The number of anilines is 2. The van der Waals surface area contributed by atoms with Gasteiger partial charge in [-0.3, -0.25) is 0 Å². The molecule has 0 unspecified atom stereocenters. The molecule has 4 nitrogen and oxygen atoms in total. The molecule has 0 saturated heterocycles. The summed E-state index contributed by atoms with van der Waals surface area (Å²) in [5.41, 5.74) is 7.97. The molecular weight excluding hydrogens is 308 g/mol. The van der Waals surface area contributed by atoms with Crippen LogP contribution >= 0.6 is 23.8 Å². The molecule has 0 fully saturated rings. The molecule has 0 radical (unpaired) electrons. The number of nitrogens with two attached hydrogens (primary N) is 1. The first-order chi connectivity index (χ1) is 10.1. The fourth-order valence-corrected chi connectivity index (χ4v) is 2.71. The average molecular weight is 321 g/mol. The van der Waals surface area contributed by atoms with Crippen molar-refractivity contribution in [2.45, 2.75) is 0 Å². The Balaban J connectivity index is 1.94. The summed E-state index contributed by atoms with van der Waals surface area (Å²) < 4.78 is 11.1. The monoisotopic (exact) mass is 320 g/mol. The lowest BCUT2D eigenvalue weighted by atomic mass is 10.1. The topological polar surface area (TPSA) is 56.5 Å². The van der Waals surface area contributed by atoms with Crippen molar-refractivity contribution >= 4 is 40.2 Å². The summed E-state index contributed by atoms with van der Waals surface area (Å²) in [6.45, 7) is 1.12. The Morgan fingerprint density at radius 1 is 1.14 bits per heavy atom. The first kappa shape index (κ1) is 14.0. The van der Waals surface area contributed by atoms with Crippen molar-refractivity contribution in [3.8, 4) is 11.5 Å². The summed E-state index contributed by atoms with van der Waals surface area (Å²) in [6, 6.07) is 11.1. The zero-order chi connectivity index (χ0) is 14.8. The Labute approximate surface area is 132 Å². The van der Waals surface area contributed by atoms with Crippen LogP contribution in [-0.4, -0.2) is 18.2 Å². The molecule has 0 atom stereocenters. The van der Waals surface area contributed by atoms with Gasteiger partial charge in [0.25, 0.3) is 0 Å². The van der Waals surface area contributed by atoms with Crippen molar-refractivity contribution in [2.75, 3.05) is 18.5 Å². The van der Waals surface area contributed by atoms with Crippen LogP contribution in [0.1, 0.15) is 5.56 Å². The third-order valence-electron chi connectivity index (χ3n) is 3.08. The number of hydrogen-bond donors (Lipinski definition) is 2. The number of rotatable bonds is 3. The highest BCUT2D eigenvalue weighted by Gasteiger charge is 2.14. The van der Waals surface area contributed by atoms with Crippen LogP contribution in [0, 0.1) is 0 Å². The second-order valence-corrected chi connectivity index (χ2v) is 5.36. The lowest BCUT2D eigenvalue weighted by molar-refractivity contribution is 0.171. The number of benzene rings is 2. The lowest BCUT2D eigenvalue weighted by Gasteiger charge is -2.19. The van der Waals surface area contributed by atoms with Crippen LogP contribution in [0.3, 0.4) is 0 Å². The second kappa shape index (κ2) is 5.79. The predicted octanol–water partition coefficient (Wildman–Crippen LogP) is 3.49. The predicted molar refractivity (Wildman–Crippen MR) is 88.1 cm³/mol. The van der Waals surface area contributed by atoms with E-state index >= 15 is 0 Å². The normalized spacial score (nSPS) is 12.8. The minimum Gasteiger partial charge on any atom is -0.486 e. The molecule has 1 heterocycles. The minimum atomic E-state index is 0.251. The van der Waals surface area contributed by atoms with Gasteiger partial charge in [0.1, 0.15) is 18.2 Å². The van der Waals surface area contributed by atoms with Crippen molar-refractivity contribution in [3.05, 3.63) is 47.0 Å². The molecule has 3 rings (SSSR count). The van der Waals surface area contributed by atoms with Crippen molar-refractivity contribution < 1.29 is 9.47 Å². The quantitative estimate of drug-likeness (QED) is 0.848. The van der Waals surface area contributed by atoms with Gasteiger partial charge in [-0.15, -0.1) is 0 Å². The SMILES string of the molecule is NC(=S)c1c(Cl)cccc1Nc1ccc2c(c1)OCCO2. The molecule has 1 aliphatic heterocycles. The number of halogens is 1. The molecule has 0 saturated carbocycles. The highest BCUT2D eigenvalue weighted by Crippen LogP contribution is 2.34. The number of nitrogens with one attached hydrogen (secondary N) is 1. The van der Waals surface area contributed by atoms with Gasteiger partial charge in [-0.25, -0.2) is 0 Å². The fourth-order valence-electron chi connectivity index (χ4n) is 2.16. The van der Waals surface area contributed by atoms with E-state index in [2.05, 4.69) is 5.32 Å². The molecule has 0 amide bonds. The molecule has 1 aliphatic rings. The van der Waals surface area contributed by atoms with E-state index in [1.165, 1.54) is 0 Å². The molecule has 0 bridgehead atoms. The maximum absolute atomic E-state index is 6.15. The zero-order valence-corrected chi connectivity index (χ0v) is 12.6. The average Bonchev–Trinajstić information content (AvgIpc) is 2.47. The third-order valence-corrected chi connectivity index (χ3v) is 3.60. The van der Waals surface area contributed by atoms with Gasteiger partial charge in [0.05, 0.1) is 16.3 Å². The van der Waals surface area contributed by atoms with Crippen LogP contribution in [0.25, 0.3) is 0 Å². The maximum atomic E-state index is 6.15. The van der Waals surface area contributed by atoms with Crippen LogP contribution in [0.15, 0.2) is 36.4 Å². The van der Waals surface area contributed by atoms with E-state index in [9.17, 15) is 0 Å². The smallest absolute Gasteiger partial charge is 0.163 e. The van der Waals surface area contributed by atoms with Gasteiger partial charge in [-0.2, -0.15) is 0 Å². The Morgan fingerprint density at radius 2 is 1.90 bits per heavy atom. The summed E-state index contributed by atoms with van der Waals surface area (Å²) in [5, 5.41) is 3.78. The first-order valence-corrected chi connectivity index (χ1v) is 7.19. The number of ether oxygens (including phenoxy) is 2. The molecule has 0 spiro atoms. The Hall–Kier alpha value is -1.98. The third kappa shape index (κ3) is 2.89. The van der Waals surface area contributed by atoms with E-state index in [1.54, 1.807) is 6.07 Å². The number of hydrogen-bond acceptors (Lipinski definition) is 4. The summed E-state index contributed by atoms with van der Waals surface area (Å²) >= 11 is 11.2. The summed E-state index contributed by atoms with van der Waals surface area (Å²) in [5.74, 6) is 1.46. The van der Waals surface area contributed by atoms with Gasteiger partial charge < -0.3 is 20.5 Å². The highest BCUT2D eigenvalue weighted by atomic mass is 35.5. The summed E-state index contributed by atoms with van der Waals surface area (Å²) in [4.78, 5) is 0.251. The van der Waals surface area contributed by atoms with Crippen molar-refractivity contribution in [2.24, 2.45) is 5.73 Å². The van der Waals surface area contributed by atoms with Crippen LogP contribution in [0.5, 0.6) is 11.5 Å². The number of fused-ring (bicyclic) bond motifs is 1. The summed E-state index contributed by atoms with van der Waals surface area (Å²) in [7, 11) is 0. The van der Waals surface area contributed by atoms with E-state index in [0.29, 0.717) is 29.5 Å². The fraction of sp³-hybridized carbons (Fsp3) is 0.133. The standard InChI is InChI=1S/C15H13ClN2O2S/c16-10-2-1-3-11(14(10)15(17)21)18-9-4-5-12-13(8-9)20-7-6-19-12/h1-5,8,18H,6-7H2,(H2,17,21). The van der Waals surface area contributed by atoms with Crippen molar-refractivity contribution in [1.29, 1.82) is 0 Å². The van der Waals surface area contributed by atoms with Crippen molar-refractivity contribution in [3.63, 3.8) is 0 Å². The second-order valence-electron chi connectivity index (χ2n) is 4.51. The summed E-state index contributed by atoms with van der Waals surface area (Å²) in [6.07, 6.45) is 0. The Bertz CT molecular complexity index is 706. The van der Waals surface area contributed by atoms with E-state index in [1.807, 2.05) is 30.3 Å². The van der Waals surface area contributed by atoms with Gasteiger partial charge >= 0.3 is 0 Å². The van der Waals surface area contributed by atoms with Crippen LogP contribution in [0.4, 0.5) is 11.4 Å². The first-order valence-electron chi connectivity index (χ1n) is 6.40. The lowest BCUT2D eigenvalue weighted by Crippen LogP contribution is -2.15. The van der Waals surface area contributed by atoms with Crippen molar-refractivity contribution in [1.82, 2.24) is 0 Å². The molecule has 3 N–H and O–H groups in total. The van der Waals surface area contributed by atoms with Crippen LogP contribution < -0.4 is 20.5 Å². The molecule has 2 aromatic carbocycles. The van der Waals surface area contributed by atoms with Gasteiger partial charge in [0, 0.05) is 11.8 Å². The molecular formula is C15H13ClN2O2S. The Kier molecular flexibility index (Phi) is 3.86. The Morgan fingerprint density at radius 3 is 2.67 bits per heavy atom. The zero-order valence-electron chi connectivity index (χ0n) is 11.1. The maximum Gasteiger partial charge on any atom is 0.163 e. The molecule has 0 aromatic heterocycles. The van der Waals surface area contributed by atoms with E-state index in [4.69, 9.17) is 39.0 Å². The largest absolute Gasteiger partial charge is 0.486 e. The molecule has 0 aliphatic carbocycles. The molecule has 21 heavy (non-hydrogen) atoms.